The average molecular weight is 399 g/mol. The SMILES string of the molecule is C=C(C)C(=O)OC(C)[N+](C)(C)CC(=O)OCCCCCCCCCCCCC. The fourth-order valence-electron chi connectivity index (χ4n) is 2.86. The van der Waals surface area contributed by atoms with E-state index in [9.17, 15) is 9.59 Å². The van der Waals surface area contributed by atoms with Crippen molar-refractivity contribution in [3.8, 4) is 0 Å². The summed E-state index contributed by atoms with van der Waals surface area (Å²) in [6, 6.07) is 0. The van der Waals surface area contributed by atoms with E-state index in [0.717, 1.165) is 12.8 Å². The number of rotatable bonds is 17. The molecule has 0 aromatic heterocycles. The second-order valence-corrected chi connectivity index (χ2v) is 8.48. The first-order valence-electron chi connectivity index (χ1n) is 11.1. The van der Waals surface area contributed by atoms with E-state index >= 15 is 0 Å². The van der Waals surface area contributed by atoms with Crippen LogP contribution in [0.15, 0.2) is 12.2 Å². The zero-order valence-corrected chi connectivity index (χ0v) is 19.1. The van der Waals surface area contributed by atoms with Crippen molar-refractivity contribution in [3.05, 3.63) is 12.2 Å². The molecule has 1 atom stereocenters. The summed E-state index contributed by atoms with van der Waals surface area (Å²) in [5, 5.41) is 0. The molecule has 1 unspecified atom stereocenters. The molecule has 164 valence electrons. The zero-order chi connectivity index (χ0) is 21.4. The summed E-state index contributed by atoms with van der Waals surface area (Å²) >= 11 is 0. The summed E-state index contributed by atoms with van der Waals surface area (Å²) in [6.07, 6.45) is 13.5. The van der Waals surface area contributed by atoms with E-state index in [-0.39, 0.29) is 17.0 Å². The van der Waals surface area contributed by atoms with Gasteiger partial charge in [0.2, 0.25) is 6.23 Å². The van der Waals surface area contributed by atoms with Crippen LogP contribution in [0.25, 0.3) is 0 Å². The lowest BCUT2D eigenvalue weighted by Crippen LogP contribution is -2.52. The average Bonchev–Trinajstić information content (AvgIpc) is 2.62. The third-order valence-electron chi connectivity index (χ3n) is 5.16. The molecule has 0 saturated heterocycles. The molecule has 28 heavy (non-hydrogen) atoms. The van der Waals surface area contributed by atoms with Crippen molar-refractivity contribution in [1.29, 1.82) is 0 Å². The normalized spacial score (nSPS) is 12.5. The van der Waals surface area contributed by atoms with Gasteiger partial charge in [0.15, 0.2) is 6.54 Å². The minimum atomic E-state index is -0.446. The van der Waals surface area contributed by atoms with E-state index in [1.807, 2.05) is 14.1 Å². The van der Waals surface area contributed by atoms with Gasteiger partial charge in [-0.15, -0.1) is 0 Å². The monoisotopic (exact) mass is 398 g/mol. The third-order valence-corrected chi connectivity index (χ3v) is 5.16. The number of nitrogens with zero attached hydrogens (tertiary/aromatic N) is 1. The molecular weight excluding hydrogens is 354 g/mol. The molecule has 5 nitrogen and oxygen atoms in total. The highest BCUT2D eigenvalue weighted by atomic mass is 16.6. The summed E-state index contributed by atoms with van der Waals surface area (Å²) in [5.74, 6) is -0.691. The first kappa shape index (κ1) is 26.6. The maximum Gasteiger partial charge on any atom is 0.361 e. The van der Waals surface area contributed by atoms with Crippen molar-refractivity contribution < 1.29 is 23.5 Å². The fraction of sp³-hybridized carbons (Fsp3) is 0.826. The molecule has 0 rings (SSSR count). The molecule has 0 heterocycles. The Morgan fingerprint density at radius 3 is 1.82 bits per heavy atom. The van der Waals surface area contributed by atoms with Crippen LogP contribution in [0.2, 0.25) is 0 Å². The molecule has 5 heteroatoms. The Bertz CT molecular complexity index is 460. The molecule has 0 aliphatic rings. The van der Waals surface area contributed by atoms with Gasteiger partial charge < -0.3 is 9.47 Å². The fourth-order valence-corrected chi connectivity index (χ4v) is 2.86. The summed E-state index contributed by atoms with van der Waals surface area (Å²) < 4.78 is 10.9. The lowest BCUT2D eigenvalue weighted by atomic mass is 10.1. The molecule has 0 radical (unpaired) electrons. The summed E-state index contributed by atoms with van der Waals surface area (Å²) in [6.45, 7) is 9.84. The van der Waals surface area contributed by atoms with Crippen LogP contribution >= 0.6 is 0 Å². The standard InChI is InChI=1S/C23H44NO4/c1-7-8-9-10-11-12-13-14-15-16-17-18-27-22(25)19-24(5,6)21(4)28-23(26)20(2)3/h21H,2,7-19H2,1,3-6H3/q+1. The van der Waals surface area contributed by atoms with E-state index in [4.69, 9.17) is 9.47 Å². The predicted octanol–water partition coefficient (Wildman–Crippen LogP) is 5.38. The predicted molar refractivity (Wildman–Crippen MR) is 115 cm³/mol. The Kier molecular flexibility index (Phi) is 14.8. The molecule has 0 aliphatic heterocycles. The van der Waals surface area contributed by atoms with Gasteiger partial charge in [-0.25, -0.2) is 9.59 Å². The minimum absolute atomic E-state index is 0.169. The number of esters is 2. The van der Waals surface area contributed by atoms with Crippen molar-refractivity contribution in [3.63, 3.8) is 0 Å². The lowest BCUT2D eigenvalue weighted by Gasteiger charge is -2.33. The van der Waals surface area contributed by atoms with Gasteiger partial charge in [0.05, 0.1) is 20.7 Å². The number of carbonyl (C=O) groups excluding carboxylic acids is 2. The number of carbonyl (C=O) groups is 2. The van der Waals surface area contributed by atoms with Crippen molar-refractivity contribution in [2.45, 2.75) is 97.6 Å². The van der Waals surface area contributed by atoms with Crippen molar-refractivity contribution >= 4 is 11.9 Å². The molecule has 0 fully saturated rings. The van der Waals surface area contributed by atoms with Crippen molar-refractivity contribution in [1.82, 2.24) is 0 Å². The highest BCUT2D eigenvalue weighted by Crippen LogP contribution is 2.12. The highest BCUT2D eigenvalue weighted by molar-refractivity contribution is 5.87. The van der Waals surface area contributed by atoms with Crippen LogP contribution in [0, 0.1) is 0 Å². The van der Waals surface area contributed by atoms with Crippen molar-refractivity contribution in [2.24, 2.45) is 0 Å². The minimum Gasteiger partial charge on any atom is -0.462 e. The number of quaternary nitrogens is 1. The summed E-state index contributed by atoms with van der Waals surface area (Å²) in [5.41, 5.74) is 0.353. The molecule has 0 saturated carbocycles. The quantitative estimate of drug-likeness (QED) is 0.108. The largest absolute Gasteiger partial charge is 0.462 e. The topological polar surface area (TPSA) is 52.6 Å². The molecule has 0 aromatic carbocycles. The van der Waals surface area contributed by atoms with Crippen LogP contribution in [-0.2, 0) is 19.1 Å². The molecule has 0 N–H and O–H groups in total. The van der Waals surface area contributed by atoms with Gasteiger partial charge >= 0.3 is 11.9 Å². The number of hydrogen-bond donors (Lipinski definition) is 0. The van der Waals surface area contributed by atoms with E-state index in [1.165, 1.54) is 57.8 Å². The summed E-state index contributed by atoms with van der Waals surface area (Å²) in [7, 11) is 3.69. The second-order valence-electron chi connectivity index (χ2n) is 8.48. The Labute approximate surface area is 173 Å². The zero-order valence-electron chi connectivity index (χ0n) is 19.1. The first-order chi connectivity index (χ1) is 13.2. The van der Waals surface area contributed by atoms with Gasteiger partial charge in [-0.1, -0.05) is 77.7 Å². The van der Waals surface area contributed by atoms with Gasteiger partial charge in [0.1, 0.15) is 0 Å². The molecule has 0 aliphatic carbocycles. The van der Waals surface area contributed by atoms with E-state index < -0.39 is 12.2 Å². The Morgan fingerprint density at radius 2 is 1.36 bits per heavy atom. The van der Waals surface area contributed by atoms with Crippen LogP contribution in [0.4, 0.5) is 0 Å². The molecule has 0 amide bonds. The third kappa shape index (κ3) is 13.8. The number of likely N-dealkylation sites (N-methyl/N-ethyl adjacent to an activating group) is 1. The lowest BCUT2D eigenvalue weighted by molar-refractivity contribution is -0.926. The molecule has 0 spiro atoms. The maximum atomic E-state index is 12.1. The van der Waals surface area contributed by atoms with Gasteiger partial charge in [-0.05, 0) is 13.3 Å². The van der Waals surface area contributed by atoms with Crippen LogP contribution in [-0.4, -0.2) is 49.9 Å². The maximum absolute atomic E-state index is 12.1. The van der Waals surface area contributed by atoms with Crippen LogP contribution in [0.3, 0.4) is 0 Å². The first-order valence-corrected chi connectivity index (χ1v) is 11.1. The molecule has 0 bridgehead atoms. The van der Waals surface area contributed by atoms with Crippen LogP contribution < -0.4 is 0 Å². The second kappa shape index (κ2) is 15.5. The number of ether oxygens (including phenoxy) is 2. The highest BCUT2D eigenvalue weighted by Gasteiger charge is 2.30. The van der Waals surface area contributed by atoms with E-state index in [2.05, 4.69) is 13.5 Å². The van der Waals surface area contributed by atoms with Gasteiger partial charge in [0.25, 0.3) is 0 Å². The Balaban J connectivity index is 3.73. The van der Waals surface area contributed by atoms with Gasteiger partial charge in [-0.3, -0.25) is 4.48 Å². The number of unbranched alkanes of at least 4 members (excludes halogenated alkanes) is 10. The van der Waals surface area contributed by atoms with E-state index in [0.29, 0.717) is 12.2 Å². The smallest absolute Gasteiger partial charge is 0.361 e. The van der Waals surface area contributed by atoms with E-state index in [1.54, 1.807) is 13.8 Å². The van der Waals surface area contributed by atoms with Crippen LogP contribution in [0.5, 0.6) is 0 Å². The summed E-state index contributed by atoms with van der Waals surface area (Å²) in [4.78, 5) is 23.7. The van der Waals surface area contributed by atoms with Crippen molar-refractivity contribution in [2.75, 3.05) is 27.2 Å². The molecule has 0 aromatic rings. The number of hydrogen-bond acceptors (Lipinski definition) is 4. The van der Waals surface area contributed by atoms with Gasteiger partial charge in [-0.2, -0.15) is 0 Å². The molecular formula is C23H44NO4+. The van der Waals surface area contributed by atoms with Crippen LogP contribution in [0.1, 0.15) is 91.4 Å². The Hall–Kier alpha value is -1.36. The Morgan fingerprint density at radius 1 is 0.893 bits per heavy atom. The van der Waals surface area contributed by atoms with Gasteiger partial charge in [0, 0.05) is 12.5 Å².